The summed E-state index contributed by atoms with van der Waals surface area (Å²) in [6.45, 7) is 3.41. The number of amides is 1. The van der Waals surface area contributed by atoms with Crippen molar-refractivity contribution in [2.24, 2.45) is 0 Å². The van der Waals surface area contributed by atoms with Crippen LogP contribution < -0.4 is 10.2 Å². The molecule has 98 valence electrons. The number of likely N-dealkylation sites (tertiary alicyclic amines) is 1. The average Bonchev–Trinajstić information content (AvgIpc) is 2.38. The second-order valence-electron chi connectivity index (χ2n) is 4.87. The number of hydrogen-bond donors (Lipinski definition) is 2. The Kier molecular flexibility index (Phi) is 5.20. The largest absolute Gasteiger partial charge is 0.335 e. The van der Waals surface area contributed by atoms with Gasteiger partial charge in [0.1, 0.15) is 0 Å². The van der Waals surface area contributed by atoms with Crippen LogP contribution in [0, 0.1) is 0 Å². The van der Waals surface area contributed by atoms with Gasteiger partial charge in [-0.25, -0.2) is 0 Å². The van der Waals surface area contributed by atoms with Crippen LogP contribution in [0.4, 0.5) is 5.69 Å². The van der Waals surface area contributed by atoms with E-state index in [2.05, 4.69) is 21.2 Å². The zero-order valence-electron chi connectivity index (χ0n) is 10.5. The topological polar surface area (TPSA) is 33.5 Å². The Hall–Kier alpha value is -0.870. The Bertz CT molecular complexity index is 403. The van der Waals surface area contributed by atoms with Gasteiger partial charge in [-0.3, -0.25) is 4.79 Å². The summed E-state index contributed by atoms with van der Waals surface area (Å²) in [6.07, 6.45) is 4.58. The molecule has 1 aliphatic rings. The molecule has 2 N–H and O–H groups in total. The summed E-state index contributed by atoms with van der Waals surface area (Å²) in [5.41, 5.74) is 0.864. The lowest BCUT2D eigenvalue weighted by atomic mass is 10.1. The van der Waals surface area contributed by atoms with E-state index in [4.69, 9.17) is 0 Å². The van der Waals surface area contributed by atoms with Gasteiger partial charge in [-0.15, -0.1) is 0 Å². The summed E-state index contributed by atoms with van der Waals surface area (Å²) in [5.74, 6) is 0.117. The Morgan fingerprint density at radius 1 is 1.28 bits per heavy atom. The van der Waals surface area contributed by atoms with Crippen LogP contribution in [0.5, 0.6) is 0 Å². The normalized spacial score (nSPS) is 16.5. The van der Waals surface area contributed by atoms with Crippen LogP contribution in [0.1, 0.15) is 25.7 Å². The molecule has 2 rings (SSSR count). The average molecular weight is 312 g/mol. The number of halogens is 1. The zero-order valence-corrected chi connectivity index (χ0v) is 12.1. The summed E-state index contributed by atoms with van der Waals surface area (Å²) in [5, 5.41) is 2.94. The molecule has 0 bridgehead atoms. The second kappa shape index (κ2) is 6.90. The van der Waals surface area contributed by atoms with Gasteiger partial charge in [-0.05, 0) is 37.5 Å². The lowest BCUT2D eigenvalue weighted by Gasteiger charge is -2.23. The summed E-state index contributed by atoms with van der Waals surface area (Å²) < 4.78 is 0.988. The number of piperidine rings is 1. The van der Waals surface area contributed by atoms with E-state index in [1.807, 2.05) is 24.3 Å². The van der Waals surface area contributed by atoms with E-state index in [0.29, 0.717) is 6.42 Å². The first-order valence-corrected chi connectivity index (χ1v) is 7.42. The lowest BCUT2D eigenvalue weighted by Crippen LogP contribution is -3.12. The van der Waals surface area contributed by atoms with Crippen LogP contribution in [-0.2, 0) is 4.79 Å². The monoisotopic (exact) mass is 311 g/mol. The summed E-state index contributed by atoms with van der Waals surface area (Å²) in [7, 11) is 0. The molecule has 18 heavy (non-hydrogen) atoms. The molecule has 0 radical (unpaired) electrons. The third-order valence-corrected chi connectivity index (χ3v) is 3.87. The van der Waals surface area contributed by atoms with Crippen molar-refractivity contribution in [1.82, 2.24) is 0 Å². The fourth-order valence-corrected chi connectivity index (χ4v) is 2.78. The standard InChI is InChI=1S/C14H19BrN2O/c15-12-5-4-6-13(11-12)16-14(18)7-10-17-8-2-1-3-9-17/h4-6,11H,1-3,7-10H2,(H,16,18)/p+1. The van der Waals surface area contributed by atoms with Gasteiger partial charge in [0.2, 0.25) is 5.91 Å². The minimum atomic E-state index is 0.117. The molecule has 0 unspecified atom stereocenters. The van der Waals surface area contributed by atoms with Gasteiger partial charge in [0.25, 0.3) is 0 Å². The van der Waals surface area contributed by atoms with Gasteiger partial charge >= 0.3 is 0 Å². The Balaban J connectivity index is 1.74. The fourth-order valence-electron chi connectivity index (χ4n) is 2.38. The molecule has 1 aromatic carbocycles. The van der Waals surface area contributed by atoms with E-state index in [9.17, 15) is 4.79 Å². The highest BCUT2D eigenvalue weighted by Gasteiger charge is 2.14. The minimum absolute atomic E-state index is 0.117. The van der Waals surface area contributed by atoms with E-state index in [1.165, 1.54) is 32.4 Å². The van der Waals surface area contributed by atoms with Gasteiger partial charge < -0.3 is 10.2 Å². The highest BCUT2D eigenvalue weighted by atomic mass is 79.9. The molecule has 1 aromatic rings. The van der Waals surface area contributed by atoms with E-state index in [0.717, 1.165) is 16.7 Å². The molecule has 1 fully saturated rings. The van der Waals surface area contributed by atoms with Crippen molar-refractivity contribution in [3.63, 3.8) is 0 Å². The van der Waals surface area contributed by atoms with Crippen LogP contribution in [0.25, 0.3) is 0 Å². The van der Waals surface area contributed by atoms with Gasteiger partial charge in [0.15, 0.2) is 0 Å². The molecule has 1 saturated heterocycles. The van der Waals surface area contributed by atoms with E-state index < -0.39 is 0 Å². The van der Waals surface area contributed by atoms with E-state index in [-0.39, 0.29) is 5.91 Å². The molecule has 4 heteroatoms. The first-order valence-electron chi connectivity index (χ1n) is 6.63. The Morgan fingerprint density at radius 3 is 2.78 bits per heavy atom. The maximum atomic E-state index is 11.8. The quantitative estimate of drug-likeness (QED) is 0.874. The molecule has 3 nitrogen and oxygen atoms in total. The number of quaternary nitrogens is 1. The first kappa shape index (κ1) is 13.6. The second-order valence-corrected chi connectivity index (χ2v) is 5.78. The van der Waals surface area contributed by atoms with Crippen LogP contribution in [0.2, 0.25) is 0 Å². The van der Waals surface area contributed by atoms with Gasteiger partial charge in [0, 0.05) is 10.2 Å². The molecular formula is C14H20BrN2O+. The van der Waals surface area contributed by atoms with Crippen molar-refractivity contribution in [2.75, 3.05) is 25.0 Å². The molecular weight excluding hydrogens is 292 g/mol. The van der Waals surface area contributed by atoms with Crippen molar-refractivity contribution in [3.05, 3.63) is 28.7 Å². The number of carbonyl (C=O) groups is 1. The number of benzene rings is 1. The van der Waals surface area contributed by atoms with Gasteiger partial charge in [-0.1, -0.05) is 22.0 Å². The molecule has 0 spiro atoms. The summed E-state index contributed by atoms with van der Waals surface area (Å²) in [4.78, 5) is 13.4. The maximum Gasteiger partial charge on any atom is 0.230 e. The van der Waals surface area contributed by atoms with Crippen molar-refractivity contribution < 1.29 is 9.69 Å². The van der Waals surface area contributed by atoms with E-state index in [1.54, 1.807) is 4.90 Å². The molecule has 1 heterocycles. The van der Waals surface area contributed by atoms with Crippen molar-refractivity contribution in [3.8, 4) is 0 Å². The number of rotatable bonds is 4. The predicted octanol–water partition coefficient (Wildman–Crippen LogP) is 1.85. The van der Waals surface area contributed by atoms with E-state index >= 15 is 0 Å². The van der Waals surface area contributed by atoms with Crippen LogP contribution in [-0.4, -0.2) is 25.5 Å². The number of nitrogens with one attached hydrogen (secondary N) is 2. The van der Waals surface area contributed by atoms with Gasteiger partial charge in [-0.2, -0.15) is 0 Å². The maximum absolute atomic E-state index is 11.8. The third-order valence-electron chi connectivity index (χ3n) is 3.37. The Morgan fingerprint density at radius 2 is 2.06 bits per heavy atom. The highest BCUT2D eigenvalue weighted by molar-refractivity contribution is 9.10. The number of carbonyl (C=O) groups excluding carboxylic acids is 1. The van der Waals surface area contributed by atoms with Crippen molar-refractivity contribution >= 4 is 27.5 Å². The minimum Gasteiger partial charge on any atom is -0.335 e. The predicted molar refractivity (Wildman–Crippen MR) is 76.8 cm³/mol. The van der Waals surface area contributed by atoms with Crippen LogP contribution in [0.15, 0.2) is 28.7 Å². The molecule has 0 aliphatic carbocycles. The molecule has 0 aromatic heterocycles. The highest BCUT2D eigenvalue weighted by Crippen LogP contribution is 2.15. The number of hydrogen-bond acceptors (Lipinski definition) is 1. The van der Waals surface area contributed by atoms with Crippen LogP contribution >= 0.6 is 15.9 Å². The first-order chi connectivity index (χ1) is 8.74. The molecule has 1 amide bonds. The Labute approximate surface area is 117 Å². The zero-order chi connectivity index (χ0) is 12.8. The van der Waals surface area contributed by atoms with Crippen molar-refractivity contribution in [1.29, 1.82) is 0 Å². The van der Waals surface area contributed by atoms with Crippen LogP contribution in [0.3, 0.4) is 0 Å². The molecule has 0 saturated carbocycles. The fraction of sp³-hybridized carbons (Fsp3) is 0.500. The molecule has 0 atom stereocenters. The third kappa shape index (κ3) is 4.42. The van der Waals surface area contributed by atoms with Gasteiger partial charge in [0.05, 0.1) is 26.1 Å². The molecule has 1 aliphatic heterocycles. The lowest BCUT2D eigenvalue weighted by molar-refractivity contribution is -0.904. The smallest absolute Gasteiger partial charge is 0.230 e. The summed E-state index contributed by atoms with van der Waals surface area (Å²) in [6, 6.07) is 7.71. The summed E-state index contributed by atoms with van der Waals surface area (Å²) >= 11 is 3.40. The van der Waals surface area contributed by atoms with Crippen molar-refractivity contribution in [2.45, 2.75) is 25.7 Å². The number of anilines is 1. The SMILES string of the molecule is O=C(CC[NH+]1CCCCC1)Nc1cccc(Br)c1.